The molecule has 1 heteroatoms. The summed E-state index contributed by atoms with van der Waals surface area (Å²) in [5, 5.41) is 3.22. The fraction of sp³-hybridized carbons (Fsp3) is 0.333. The zero-order valence-electron chi connectivity index (χ0n) is 8.16. The Morgan fingerprint density at radius 3 is 2.69 bits per heavy atom. The SMILES string of the molecule is CCCC/C=C/Nc1ccccc1. The van der Waals surface area contributed by atoms with Crippen molar-refractivity contribution < 1.29 is 0 Å². The quantitative estimate of drug-likeness (QED) is 0.671. The third-order valence-electron chi connectivity index (χ3n) is 1.87. The minimum absolute atomic E-state index is 1.15. The van der Waals surface area contributed by atoms with Crippen LogP contribution in [0.3, 0.4) is 0 Å². The van der Waals surface area contributed by atoms with Crippen LogP contribution in [0.25, 0.3) is 0 Å². The molecule has 0 heterocycles. The van der Waals surface area contributed by atoms with Gasteiger partial charge >= 0.3 is 0 Å². The maximum Gasteiger partial charge on any atom is 0.0379 e. The lowest BCUT2D eigenvalue weighted by atomic mass is 10.2. The lowest BCUT2D eigenvalue weighted by molar-refractivity contribution is 0.814. The predicted molar refractivity (Wildman–Crippen MR) is 58.7 cm³/mol. The highest BCUT2D eigenvalue weighted by molar-refractivity contribution is 5.44. The Morgan fingerprint density at radius 2 is 2.00 bits per heavy atom. The smallest absolute Gasteiger partial charge is 0.0379 e. The second-order valence-electron chi connectivity index (χ2n) is 3.05. The van der Waals surface area contributed by atoms with Crippen LogP contribution in [0.15, 0.2) is 42.6 Å². The van der Waals surface area contributed by atoms with Crippen LogP contribution < -0.4 is 5.32 Å². The highest BCUT2D eigenvalue weighted by Gasteiger charge is 1.82. The normalized spacial score (nSPS) is 10.5. The van der Waals surface area contributed by atoms with E-state index in [4.69, 9.17) is 0 Å². The van der Waals surface area contributed by atoms with Crippen molar-refractivity contribution >= 4 is 5.69 Å². The summed E-state index contributed by atoms with van der Waals surface area (Å²) < 4.78 is 0. The molecule has 70 valence electrons. The summed E-state index contributed by atoms with van der Waals surface area (Å²) in [6, 6.07) is 10.2. The van der Waals surface area contributed by atoms with Gasteiger partial charge in [-0.1, -0.05) is 44.0 Å². The topological polar surface area (TPSA) is 12.0 Å². The number of rotatable bonds is 5. The van der Waals surface area contributed by atoms with Crippen molar-refractivity contribution in [2.75, 3.05) is 5.32 Å². The summed E-state index contributed by atoms with van der Waals surface area (Å²) in [5.74, 6) is 0. The van der Waals surface area contributed by atoms with E-state index >= 15 is 0 Å². The van der Waals surface area contributed by atoms with E-state index in [1.165, 1.54) is 12.8 Å². The van der Waals surface area contributed by atoms with Crippen molar-refractivity contribution in [3.63, 3.8) is 0 Å². The molecule has 0 atom stereocenters. The van der Waals surface area contributed by atoms with Gasteiger partial charge in [-0.3, -0.25) is 0 Å². The molecule has 0 radical (unpaired) electrons. The van der Waals surface area contributed by atoms with Gasteiger partial charge in [-0.2, -0.15) is 0 Å². The molecule has 0 fully saturated rings. The van der Waals surface area contributed by atoms with E-state index in [0.717, 1.165) is 12.1 Å². The molecule has 1 rings (SSSR count). The molecular formula is C12H17N. The van der Waals surface area contributed by atoms with Gasteiger partial charge in [0, 0.05) is 5.69 Å². The lowest BCUT2D eigenvalue weighted by Gasteiger charge is -1.98. The minimum Gasteiger partial charge on any atom is -0.362 e. The zero-order chi connectivity index (χ0) is 9.36. The standard InChI is InChI=1S/C12H17N/c1-2-3-4-8-11-13-12-9-6-5-7-10-12/h5-11,13H,2-4H2,1H3/b11-8+. The average Bonchev–Trinajstić information content (AvgIpc) is 2.19. The Bertz CT molecular complexity index is 239. The van der Waals surface area contributed by atoms with Crippen LogP contribution in [0.5, 0.6) is 0 Å². The zero-order valence-corrected chi connectivity index (χ0v) is 8.16. The first kappa shape index (κ1) is 9.85. The average molecular weight is 175 g/mol. The highest BCUT2D eigenvalue weighted by atomic mass is 14.8. The molecule has 1 nitrogen and oxygen atoms in total. The van der Waals surface area contributed by atoms with Crippen LogP contribution in [0, 0.1) is 0 Å². The molecule has 0 spiro atoms. The number of unbranched alkanes of at least 4 members (excludes halogenated alkanes) is 2. The molecule has 0 aromatic heterocycles. The van der Waals surface area contributed by atoms with Crippen LogP contribution in [0.2, 0.25) is 0 Å². The van der Waals surface area contributed by atoms with E-state index in [2.05, 4.69) is 30.4 Å². The van der Waals surface area contributed by atoms with E-state index in [9.17, 15) is 0 Å². The molecule has 13 heavy (non-hydrogen) atoms. The van der Waals surface area contributed by atoms with Crippen LogP contribution in [0.1, 0.15) is 26.2 Å². The Hall–Kier alpha value is -1.24. The van der Waals surface area contributed by atoms with Gasteiger partial charge in [0.05, 0.1) is 0 Å². The molecule has 0 aliphatic heterocycles. The molecule has 1 aromatic rings. The second-order valence-corrected chi connectivity index (χ2v) is 3.05. The van der Waals surface area contributed by atoms with Crippen molar-refractivity contribution in [1.82, 2.24) is 0 Å². The molecule has 0 aliphatic carbocycles. The van der Waals surface area contributed by atoms with Gasteiger partial charge < -0.3 is 5.32 Å². The van der Waals surface area contributed by atoms with Gasteiger partial charge in [0.25, 0.3) is 0 Å². The van der Waals surface area contributed by atoms with Crippen LogP contribution >= 0.6 is 0 Å². The number of benzene rings is 1. The molecule has 1 aromatic carbocycles. The van der Waals surface area contributed by atoms with E-state index in [-0.39, 0.29) is 0 Å². The van der Waals surface area contributed by atoms with E-state index < -0.39 is 0 Å². The van der Waals surface area contributed by atoms with Gasteiger partial charge in [-0.15, -0.1) is 0 Å². The van der Waals surface area contributed by atoms with Gasteiger partial charge in [0.15, 0.2) is 0 Å². The highest BCUT2D eigenvalue weighted by Crippen LogP contribution is 2.04. The van der Waals surface area contributed by atoms with E-state index in [1.54, 1.807) is 0 Å². The maximum atomic E-state index is 3.22. The van der Waals surface area contributed by atoms with Gasteiger partial charge in [0.2, 0.25) is 0 Å². The predicted octanol–water partition coefficient (Wildman–Crippen LogP) is 3.80. The summed E-state index contributed by atoms with van der Waals surface area (Å²) in [4.78, 5) is 0. The van der Waals surface area contributed by atoms with Crippen LogP contribution in [-0.2, 0) is 0 Å². The summed E-state index contributed by atoms with van der Waals surface area (Å²) >= 11 is 0. The van der Waals surface area contributed by atoms with E-state index in [0.29, 0.717) is 0 Å². The number of allylic oxidation sites excluding steroid dienone is 1. The first-order chi connectivity index (χ1) is 6.43. The number of hydrogen-bond donors (Lipinski definition) is 1. The molecule has 0 amide bonds. The molecule has 0 aliphatic rings. The number of nitrogens with one attached hydrogen (secondary N) is 1. The summed E-state index contributed by atoms with van der Waals surface area (Å²) in [6.07, 6.45) is 7.89. The summed E-state index contributed by atoms with van der Waals surface area (Å²) in [5.41, 5.74) is 1.15. The van der Waals surface area contributed by atoms with Gasteiger partial charge in [0.1, 0.15) is 0 Å². The molecule has 0 saturated carbocycles. The largest absolute Gasteiger partial charge is 0.362 e. The first-order valence-corrected chi connectivity index (χ1v) is 4.90. The first-order valence-electron chi connectivity index (χ1n) is 4.90. The van der Waals surface area contributed by atoms with Crippen LogP contribution in [0.4, 0.5) is 5.69 Å². The Labute approximate surface area is 80.5 Å². The van der Waals surface area contributed by atoms with Gasteiger partial charge in [-0.05, 0) is 24.8 Å². The summed E-state index contributed by atoms with van der Waals surface area (Å²) in [7, 11) is 0. The Kier molecular flexibility index (Phi) is 4.77. The fourth-order valence-corrected chi connectivity index (χ4v) is 1.09. The second kappa shape index (κ2) is 6.30. The molecular weight excluding hydrogens is 158 g/mol. The Balaban J connectivity index is 2.23. The Morgan fingerprint density at radius 1 is 1.23 bits per heavy atom. The molecule has 0 saturated heterocycles. The minimum atomic E-state index is 1.15. The number of para-hydroxylation sites is 1. The lowest BCUT2D eigenvalue weighted by Crippen LogP contribution is -1.85. The van der Waals surface area contributed by atoms with Crippen molar-refractivity contribution in [2.24, 2.45) is 0 Å². The van der Waals surface area contributed by atoms with Crippen molar-refractivity contribution in [1.29, 1.82) is 0 Å². The fourth-order valence-electron chi connectivity index (χ4n) is 1.09. The van der Waals surface area contributed by atoms with Gasteiger partial charge in [-0.25, -0.2) is 0 Å². The van der Waals surface area contributed by atoms with Crippen molar-refractivity contribution in [3.05, 3.63) is 42.6 Å². The third-order valence-corrected chi connectivity index (χ3v) is 1.87. The monoisotopic (exact) mass is 175 g/mol. The summed E-state index contributed by atoms with van der Waals surface area (Å²) in [6.45, 7) is 2.21. The molecule has 0 bridgehead atoms. The van der Waals surface area contributed by atoms with Crippen molar-refractivity contribution in [3.8, 4) is 0 Å². The maximum absolute atomic E-state index is 3.22. The number of hydrogen-bond acceptors (Lipinski definition) is 1. The van der Waals surface area contributed by atoms with Crippen LogP contribution in [-0.4, -0.2) is 0 Å². The van der Waals surface area contributed by atoms with E-state index in [1.807, 2.05) is 24.4 Å². The molecule has 1 N–H and O–H groups in total. The molecule has 0 unspecified atom stereocenters. The third kappa shape index (κ3) is 4.36. The van der Waals surface area contributed by atoms with Crippen molar-refractivity contribution in [2.45, 2.75) is 26.2 Å². The number of anilines is 1.